The number of hydrogen-bond donors (Lipinski definition) is 0. The van der Waals surface area contributed by atoms with Gasteiger partial charge in [0.2, 0.25) is 0 Å². The lowest BCUT2D eigenvalue weighted by atomic mass is 9.57. The van der Waals surface area contributed by atoms with E-state index < -0.39 is 8.24 Å². The molecule has 1 aliphatic rings. The molecular formula is C11H22BNSi. The Labute approximate surface area is 90.1 Å². The molecule has 1 rings (SSSR count). The van der Waals surface area contributed by atoms with Crippen molar-refractivity contribution in [1.82, 2.24) is 4.48 Å². The van der Waals surface area contributed by atoms with Gasteiger partial charge in [-0.05, 0) is 12.3 Å². The van der Waals surface area contributed by atoms with E-state index in [9.17, 15) is 0 Å². The van der Waals surface area contributed by atoms with Crippen LogP contribution in [0.5, 0.6) is 0 Å². The summed E-state index contributed by atoms with van der Waals surface area (Å²) in [4.78, 5) is 0. The van der Waals surface area contributed by atoms with Crippen molar-refractivity contribution in [2.24, 2.45) is 0 Å². The van der Waals surface area contributed by atoms with Gasteiger partial charge >= 0.3 is 0 Å². The predicted molar refractivity (Wildman–Crippen MR) is 68.9 cm³/mol. The molecule has 0 aromatic heterocycles. The molecule has 0 spiro atoms. The Bertz CT molecular complexity index is 230. The summed E-state index contributed by atoms with van der Waals surface area (Å²) in [6.07, 6.45) is 10.6. The molecular weight excluding hydrogens is 185 g/mol. The lowest BCUT2D eigenvalue weighted by Gasteiger charge is -2.39. The fourth-order valence-electron chi connectivity index (χ4n) is 1.91. The Morgan fingerprint density at radius 3 is 2.50 bits per heavy atom. The molecule has 0 unspecified atom stereocenters. The first-order valence-corrected chi connectivity index (χ1v) is 9.14. The van der Waals surface area contributed by atoms with E-state index in [-0.39, 0.29) is 0 Å². The van der Waals surface area contributed by atoms with Crippen LogP contribution < -0.4 is 0 Å². The zero-order valence-electron chi connectivity index (χ0n) is 9.96. The molecule has 1 nitrogen and oxygen atoms in total. The van der Waals surface area contributed by atoms with Crippen LogP contribution in [0.15, 0.2) is 24.3 Å². The minimum atomic E-state index is -1.17. The summed E-state index contributed by atoms with van der Waals surface area (Å²) in [7, 11) is -1.17. The van der Waals surface area contributed by atoms with Gasteiger partial charge in [-0.15, -0.1) is 0 Å². The lowest BCUT2D eigenvalue weighted by molar-refractivity contribution is 0.802. The summed E-state index contributed by atoms with van der Waals surface area (Å²) in [6.45, 7) is 10.2. The topological polar surface area (TPSA) is 3.24 Å². The van der Waals surface area contributed by atoms with Gasteiger partial charge in [0.25, 0.3) is 6.85 Å². The average Bonchev–Trinajstić information content (AvgIpc) is 2.14. The Hall–Kier alpha value is -0.438. The van der Waals surface area contributed by atoms with E-state index in [1.807, 2.05) is 0 Å². The quantitative estimate of drug-likeness (QED) is 0.637. The number of rotatable bonds is 4. The number of nitrogens with zero attached hydrogens (tertiary/aromatic N) is 1. The van der Waals surface area contributed by atoms with Gasteiger partial charge < -0.3 is 4.48 Å². The fraction of sp³-hybridized carbons (Fsp3) is 0.636. The molecule has 0 amide bonds. The van der Waals surface area contributed by atoms with Gasteiger partial charge in [0.05, 0.1) is 0 Å². The fourth-order valence-corrected chi connectivity index (χ4v) is 3.65. The van der Waals surface area contributed by atoms with Crippen LogP contribution in [0.3, 0.4) is 0 Å². The second kappa shape index (κ2) is 4.87. The molecule has 0 bridgehead atoms. The monoisotopic (exact) mass is 207 g/mol. The zero-order chi connectivity index (χ0) is 10.6. The Morgan fingerprint density at radius 1 is 1.21 bits per heavy atom. The smallest absolute Gasteiger partial charge is 0.272 e. The van der Waals surface area contributed by atoms with Gasteiger partial charge in [-0.2, -0.15) is 0 Å². The maximum absolute atomic E-state index is 2.60. The third-order valence-electron chi connectivity index (χ3n) is 2.68. The molecule has 0 saturated heterocycles. The Kier molecular flexibility index (Phi) is 4.05. The highest BCUT2D eigenvalue weighted by atomic mass is 28.3. The zero-order valence-corrected chi connectivity index (χ0v) is 11.0. The minimum absolute atomic E-state index is 0.659. The van der Waals surface area contributed by atoms with Crippen molar-refractivity contribution in [2.45, 2.75) is 45.7 Å². The number of hydrogen-bond acceptors (Lipinski definition) is 1. The third-order valence-corrected chi connectivity index (χ3v) is 4.71. The molecule has 0 aromatic rings. The van der Waals surface area contributed by atoms with Crippen LogP contribution in [-0.4, -0.2) is 19.6 Å². The Morgan fingerprint density at radius 2 is 1.93 bits per heavy atom. The molecule has 0 radical (unpaired) electrons. The van der Waals surface area contributed by atoms with Gasteiger partial charge in [-0.25, -0.2) is 0 Å². The summed E-state index contributed by atoms with van der Waals surface area (Å²) in [6, 6.07) is 0. The first kappa shape index (κ1) is 11.6. The second-order valence-corrected chi connectivity index (χ2v) is 9.87. The van der Waals surface area contributed by atoms with E-state index in [1.54, 1.807) is 0 Å². The molecule has 0 fully saturated rings. The van der Waals surface area contributed by atoms with Gasteiger partial charge in [-0.1, -0.05) is 57.8 Å². The first-order chi connectivity index (χ1) is 6.55. The van der Waals surface area contributed by atoms with E-state index in [0.717, 1.165) is 0 Å². The number of allylic oxidation sites excluding steroid dienone is 2. The van der Waals surface area contributed by atoms with E-state index in [2.05, 4.69) is 55.4 Å². The predicted octanol–water partition coefficient (Wildman–Crippen LogP) is 3.54. The van der Waals surface area contributed by atoms with Gasteiger partial charge in [0.15, 0.2) is 0 Å². The maximum Gasteiger partial charge on any atom is 0.272 e. The number of unbranched alkanes of at least 4 members (excludes halogenated alkanes) is 1. The molecule has 0 aliphatic carbocycles. The molecule has 0 aromatic carbocycles. The van der Waals surface area contributed by atoms with Crippen molar-refractivity contribution in [1.29, 1.82) is 0 Å². The van der Waals surface area contributed by atoms with Crippen LogP contribution in [0.1, 0.15) is 19.8 Å². The molecule has 0 saturated carbocycles. The molecule has 3 heteroatoms. The highest BCUT2D eigenvalue weighted by molar-refractivity contribution is 6.85. The van der Waals surface area contributed by atoms with E-state index >= 15 is 0 Å². The maximum atomic E-state index is 2.60. The Balaban J connectivity index is 2.62. The molecule has 0 N–H and O–H groups in total. The lowest BCUT2D eigenvalue weighted by Crippen LogP contribution is -2.51. The van der Waals surface area contributed by atoms with Crippen LogP contribution in [0.2, 0.25) is 26.0 Å². The van der Waals surface area contributed by atoms with E-state index in [0.29, 0.717) is 6.85 Å². The average molecular weight is 207 g/mol. The molecule has 78 valence electrons. The van der Waals surface area contributed by atoms with Crippen LogP contribution in [-0.2, 0) is 0 Å². The minimum Gasteiger partial charge on any atom is -0.445 e. The summed E-state index contributed by atoms with van der Waals surface area (Å²) in [5.41, 5.74) is 0. The van der Waals surface area contributed by atoms with E-state index in [4.69, 9.17) is 0 Å². The summed E-state index contributed by atoms with van der Waals surface area (Å²) >= 11 is 0. The summed E-state index contributed by atoms with van der Waals surface area (Å²) in [5.74, 6) is 2.36. The molecule has 1 heterocycles. The van der Waals surface area contributed by atoms with Crippen LogP contribution in [0.4, 0.5) is 0 Å². The normalized spacial score (nSPS) is 16.6. The highest BCUT2D eigenvalue weighted by Gasteiger charge is 2.29. The second-order valence-electron chi connectivity index (χ2n) is 5.01. The van der Waals surface area contributed by atoms with Crippen molar-refractivity contribution in [3.63, 3.8) is 0 Å². The largest absolute Gasteiger partial charge is 0.445 e. The standard InChI is InChI=1S/C11H22BNSi/c1-5-6-9-12-10-7-8-11-13(12)14(2,3)4/h7-8,10-11H,5-6,9H2,1-4H3. The molecule has 0 atom stereocenters. The highest BCUT2D eigenvalue weighted by Crippen LogP contribution is 2.19. The van der Waals surface area contributed by atoms with Crippen molar-refractivity contribution >= 4 is 15.1 Å². The van der Waals surface area contributed by atoms with E-state index in [1.165, 1.54) is 19.2 Å². The van der Waals surface area contributed by atoms with Crippen LogP contribution in [0.25, 0.3) is 0 Å². The van der Waals surface area contributed by atoms with Crippen molar-refractivity contribution < 1.29 is 0 Å². The van der Waals surface area contributed by atoms with Crippen molar-refractivity contribution in [2.75, 3.05) is 0 Å². The first-order valence-electron chi connectivity index (χ1n) is 5.69. The summed E-state index contributed by atoms with van der Waals surface area (Å²) < 4.78 is 2.60. The SMILES string of the molecule is CCCCB1C=CC=CN1[Si](C)(C)C. The summed E-state index contributed by atoms with van der Waals surface area (Å²) in [5, 5.41) is 0. The van der Waals surface area contributed by atoms with Crippen LogP contribution >= 0.6 is 0 Å². The molecule has 14 heavy (non-hydrogen) atoms. The molecule has 1 aliphatic heterocycles. The van der Waals surface area contributed by atoms with Crippen molar-refractivity contribution in [3.05, 3.63) is 24.3 Å². The van der Waals surface area contributed by atoms with Crippen LogP contribution in [0, 0.1) is 0 Å². The van der Waals surface area contributed by atoms with Gasteiger partial charge in [0, 0.05) is 0 Å². The third kappa shape index (κ3) is 3.05. The van der Waals surface area contributed by atoms with Gasteiger partial charge in [0.1, 0.15) is 8.24 Å². The van der Waals surface area contributed by atoms with Crippen molar-refractivity contribution in [3.8, 4) is 0 Å². The van der Waals surface area contributed by atoms with Gasteiger partial charge in [-0.3, -0.25) is 0 Å².